The van der Waals surface area contributed by atoms with Gasteiger partial charge in [0.1, 0.15) is 12.1 Å². The van der Waals surface area contributed by atoms with Crippen LogP contribution in [0.3, 0.4) is 0 Å². The molecule has 1 aliphatic rings. The summed E-state index contributed by atoms with van der Waals surface area (Å²) in [5.41, 5.74) is 0.815. The minimum atomic E-state index is -1.11. The van der Waals surface area contributed by atoms with Crippen molar-refractivity contribution >= 4 is 22.9 Å². The Labute approximate surface area is 113 Å². The lowest BCUT2D eigenvalue weighted by atomic mass is 9.99. The first kappa shape index (κ1) is 11.8. The van der Waals surface area contributed by atoms with E-state index in [-0.39, 0.29) is 0 Å². The van der Waals surface area contributed by atoms with E-state index in [0.717, 1.165) is 10.4 Å². The average molecular weight is 281 g/mol. The molecular weight excluding hydrogens is 271 g/mol. The van der Waals surface area contributed by atoms with Gasteiger partial charge in [0.25, 0.3) is 0 Å². The number of halogens is 2. The molecule has 0 saturated heterocycles. The van der Waals surface area contributed by atoms with Gasteiger partial charge in [0.15, 0.2) is 6.17 Å². The molecule has 0 N–H and O–H groups in total. The molecular formula is C13H10ClFN2S. The number of azo groups is 1. The summed E-state index contributed by atoms with van der Waals surface area (Å²) < 4.78 is 14.4. The van der Waals surface area contributed by atoms with Gasteiger partial charge in [-0.3, -0.25) is 0 Å². The van der Waals surface area contributed by atoms with Crippen LogP contribution in [0.25, 0.3) is 0 Å². The highest BCUT2D eigenvalue weighted by Gasteiger charge is 2.37. The van der Waals surface area contributed by atoms with Crippen LogP contribution in [-0.2, 0) is 0 Å². The van der Waals surface area contributed by atoms with Gasteiger partial charge in [-0.25, -0.2) is 4.39 Å². The number of nitrogens with zero attached hydrogens (tertiary/aromatic N) is 2. The van der Waals surface area contributed by atoms with E-state index < -0.39 is 18.3 Å². The third kappa shape index (κ3) is 2.06. The Bertz CT molecular complexity index is 553. The first-order valence-corrected chi connectivity index (χ1v) is 6.84. The van der Waals surface area contributed by atoms with Crippen molar-refractivity contribution in [3.63, 3.8) is 0 Å². The molecule has 3 unspecified atom stereocenters. The molecule has 92 valence electrons. The van der Waals surface area contributed by atoms with E-state index in [0.29, 0.717) is 5.02 Å². The van der Waals surface area contributed by atoms with Crippen molar-refractivity contribution in [2.75, 3.05) is 0 Å². The Morgan fingerprint density at radius 1 is 1.06 bits per heavy atom. The van der Waals surface area contributed by atoms with Crippen molar-refractivity contribution in [2.24, 2.45) is 10.2 Å². The summed E-state index contributed by atoms with van der Waals surface area (Å²) in [6.07, 6.45) is -1.11. The molecule has 0 saturated carbocycles. The third-order valence-corrected chi connectivity index (χ3v) is 4.16. The van der Waals surface area contributed by atoms with Crippen LogP contribution in [0.4, 0.5) is 4.39 Å². The molecule has 2 heterocycles. The van der Waals surface area contributed by atoms with Crippen LogP contribution in [0.15, 0.2) is 52.0 Å². The first-order valence-electron chi connectivity index (χ1n) is 5.58. The lowest BCUT2D eigenvalue weighted by molar-refractivity contribution is 0.278. The molecule has 1 aromatic heterocycles. The second-order valence-electron chi connectivity index (χ2n) is 4.13. The van der Waals surface area contributed by atoms with Gasteiger partial charge < -0.3 is 0 Å². The highest BCUT2D eigenvalue weighted by atomic mass is 35.5. The fraction of sp³-hybridized carbons (Fsp3) is 0.231. The lowest BCUT2D eigenvalue weighted by Crippen LogP contribution is -2.13. The Morgan fingerprint density at radius 3 is 2.44 bits per heavy atom. The zero-order chi connectivity index (χ0) is 12.5. The standard InChI is InChI=1S/C13H10ClFN2S/c14-9-5-3-8(4-6-9)12-11(15)13(17-16-12)10-2-1-7-18-10/h1-7,11-13H. The SMILES string of the molecule is FC1C(c2ccc(Cl)cc2)N=NC1c1cccs1. The van der Waals surface area contributed by atoms with Crippen LogP contribution in [0, 0.1) is 0 Å². The molecule has 2 nitrogen and oxygen atoms in total. The fourth-order valence-electron chi connectivity index (χ4n) is 2.03. The summed E-state index contributed by atoms with van der Waals surface area (Å²) in [5, 5.41) is 10.7. The van der Waals surface area contributed by atoms with Gasteiger partial charge in [0.05, 0.1) is 0 Å². The van der Waals surface area contributed by atoms with Crippen LogP contribution >= 0.6 is 22.9 Å². The van der Waals surface area contributed by atoms with Gasteiger partial charge in [0.2, 0.25) is 0 Å². The molecule has 0 aliphatic carbocycles. The van der Waals surface area contributed by atoms with Crippen LogP contribution in [0.2, 0.25) is 5.02 Å². The summed E-state index contributed by atoms with van der Waals surface area (Å²) in [5.74, 6) is 0. The minimum Gasteiger partial charge on any atom is -0.242 e. The normalized spacial score (nSPS) is 26.7. The fourth-order valence-corrected chi connectivity index (χ4v) is 2.94. The topological polar surface area (TPSA) is 24.7 Å². The van der Waals surface area contributed by atoms with Gasteiger partial charge >= 0.3 is 0 Å². The summed E-state index contributed by atoms with van der Waals surface area (Å²) >= 11 is 7.33. The number of hydrogen-bond donors (Lipinski definition) is 0. The van der Waals surface area contributed by atoms with Crippen molar-refractivity contribution in [2.45, 2.75) is 18.3 Å². The van der Waals surface area contributed by atoms with E-state index in [1.165, 1.54) is 11.3 Å². The zero-order valence-corrected chi connectivity index (χ0v) is 10.9. The highest BCUT2D eigenvalue weighted by Crippen LogP contribution is 2.42. The number of alkyl halides is 1. The summed E-state index contributed by atoms with van der Waals surface area (Å²) in [6.45, 7) is 0. The third-order valence-electron chi connectivity index (χ3n) is 2.96. The predicted molar refractivity (Wildman–Crippen MR) is 71.0 cm³/mol. The van der Waals surface area contributed by atoms with Crippen LogP contribution < -0.4 is 0 Å². The smallest absolute Gasteiger partial charge is 0.157 e. The van der Waals surface area contributed by atoms with Crippen molar-refractivity contribution in [1.82, 2.24) is 0 Å². The molecule has 1 aliphatic heterocycles. The average Bonchev–Trinajstić information content (AvgIpc) is 2.99. The quantitative estimate of drug-likeness (QED) is 0.740. The van der Waals surface area contributed by atoms with E-state index in [9.17, 15) is 4.39 Å². The van der Waals surface area contributed by atoms with E-state index in [1.807, 2.05) is 17.5 Å². The van der Waals surface area contributed by atoms with Crippen molar-refractivity contribution in [1.29, 1.82) is 0 Å². The first-order chi connectivity index (χ1) is 8.75. The van der Waals surface area contributed by atoms with Crippen molar-refractivity contribution in [3.8, 4) is 0 Å². The van der Waals surface area contributed by atoms with Crippen molar-refractivity contribution < 1.29 is 4.39 Å². The van der Waals surface area contributed by atoms with Crippen LogP contribution in [0.1, 0.15) is 22.5 Å². The zero-order valence-electron chi connectivity index (χ0n) is 9.33. The van der Waals surface area contributed by atoms with E-state index in [1.54, 1.807) is 24.3 Å². The molecule has 0 fully saturated rings. The highest BCUT2D eigenvalue weighted by molar-refractivity contribution is 7.10. The van der Waals surface area contributed by atoms with Crippen LogP contribution in [0.5, 0.6) is 0 Å². The van der Waals surface area contributed by atoms with E-state index in [2.05, 4.69) is 10.2 Å². The number of hydrogen-bond acceptors (Lipinski definition) is 3. The monoisotopic (exact) mass is 280 g/mol. The molecule has 3 atom stereocenters. The second kappa shape index (κ2) is 4.78. The number of benzene rings is 1. The molecule has 1 aromatic carbocycles. The van der Waals surface area contributed by atoms with Gasteiger partial charge in [-0.05, 0) is 29.1 Å². The molecule has 18 heavy (non-hydrogen) atoms. The molecule has 0 bridgehead atoms. The molecule has 5 heteroatoms. The van der Waals surface area contributed by atoms with Crippen molar-refractivity contribution in [3.05, 3.63) is 57.2 Å². The van der Waals surface area contributed by atoms with E-state index >= 15 is 0 Å². The summed E-state index contributed by atoms with van der Waals surface area (Å²) in [6, 6.07) is 9.91. The Hall–Kier alpha value is -1.26. The molecule has 3 rings (SSSR count). The second-order valence-corrected chi connectivity index (χ2v) is 5.55. The minimum absolute atomic E-state index is 0.467. The molecule has 0 radical (unpaired) electrons. The van der Waals surface area contributed by atoms with E-state index in [4.69, 9.17) is 11.6 Å². The number of thiophene rings is 1. The van der Waals surface area contributed by atoms with Gasteiger partial charge in [-0.2, -0.15) is 10.2 Å². The molecule has 0 spiro atoms. The maximum absolute atomic E-state index is 14.4. The maximum Gasteiger partial charge on any atom is 0.157 e. The van der Waals surface area contributed by atoms with Crippen LogP contribution in [-0.4, -0.2) is 6.17 Å². The predicted octanol–water partition coefficient (Wildman–Crippen LogP) is 4.99. The summed E-state index contributed by atoms with van der Waals surface area (Å²) in [7, 11) is 0. The Morgan fingerprint density at radius 2 is 1.78 bits per heavy atom. The van der Waals surface area contributed by atoms with Gasteiger partial charge in [0, 0.05) is 9.90 Å². The maximum atomic E-state index is 14.4. The molecule has 0 amide bonds. The van der Waals surface area contributed by atoms with Gasteiger partial charge in [-0.1, -0.05) is 29.8 Å². The molecule has 2 aromatic rings. The summed E-state index contributed by atoms with van der Waals surface area (Å²) in [4.78, 5) is 0.919. The largest absolute Gasteiger partial charge is 0.242 e. The Balaban J connectivity index is 1.85. The lowest BCUT2D eigenvalue weighted by Gasteiger charge is -2.13. The number of rotatable bonds is 2. The van der Waals surface area contributed by atoms with Gasteiger partial charge in [-0.15, -0.1) is 11.3 Å². The Kier molecular flexibility index (Phi) is 3.14.